The van der Waals surface area contributed by atoms with Crippen molar-refractivity contribution in [3.63, 3.8) is 0 Å². The molecule has 2 heterocycles. The van der Waals surface area contributed by atoms with Crippen molar-refractivity contribution in [1.82, 2.24) is 9.55 Å². The molecule has 0 spiro atoms. The van der Waals surface area contributed by atoms with Crippen molar-refractivity contribution >= 4 is 5.97 Å². The highest BCUT2D eigenvalue weighted by atomic mass is 16.4. The Morgan fingerprint density at radius 3 is 2.62 bits per heavy atom. The van der Waals surface area contributed by atoms with Crippen LogP contribution >= 0.6 is 0 Å². The fourth-order valence-electron chi connectivity index (χ4n) is 1.66. The van der Waals surface area contributed by atoms with Crippen molar-refractivity contribution in [1.29, 1.82) is 0 Å². The molecule has 16 heavy (non-hydrogen) atoms. The van der Waals surface area contributed by atoms with E-state index in [1.54, 1.807) is 6.20 Å². The van der Waals surface area contributed by atoms with Crippen LogP contribution in [0.3, 0.4) is 0 Å². The molecule has 0 saturated heterocycles. The number of rotatable bonds is 4. The summed E-state index contributed by atoms with van der Waals surface area (Å²) in [5.74, 6) is -0.829. The van der Waals surface area contributed by atoms with Gasteiger partial charge in [-0.2, -0.15) is 0 Å². The Balaban J connectivity index is 2.32. The zero-order chi connectivity index (χ0) is 11.4. The van der Waals surface area contributed by atoms with Gasteiger partial charge in [-0.15, -0.1) is 0 Å². The Morgan fingerprint density at radius 2 is 2.06 bits per heavy atom. The van der Waals surface area contributed by atoms with Crippen molar-refractivity contribution in [2.24, 2.45) is 0 Å². The van der Waals surface area contributed by atoms with Gasteiger partial charge in [0.05, 0.1) is 18.2 Å². The number of pyridine rings is 1. The number of hydrogen-bond acceptors (Lipinski definition) is 2. The predicted molar refractivity (Wildman–Crippen MR) is 59.1 cm³/mol. The van der Waals surface area contributed by atoms with Crippen LogP contribution in [-0.4, -0.2) is 20.6 Å². The average Bonchev–Trinajstić information content (AvgIpc) is 2.80. The smallest absolute Gasteiger partial charge is 0.305 e. The van der Waals surface area contributed by atoms with Gasteiger partial charge in [0.2, 0.25) is 0 Å². The van der Waals surface area contributed by atoms with E-state index in [-0.39, 0.29) is 12.5 Å². The molecule has 0 saturated carbocycles. The minimum atomic E-state index is -0.829. The molecule has 82 valence electrons. The Labute approximate surface area is 93.2 Å². The van der Waals surface area contributed by atoms with Gasteiger partial charge >= 0.3 is 5.97 Å². The third kappa shape index (κ3) is 2.28. The highest BCUT2D eigenvalue weighted by Crippen LogP contribution is 2.19. The Morgan fingerprint density at radius 1 is 1.31 bits per heavy atom. The minimum absolute atomic E-state index is 0.0334. The summed E-state index contributed by atoms with van der Waals surface area (Å²) in [6, 6.07) is 9.02. The molecule has 0 fully saturated rings. The van der Waals surface area contributed by atoms with Crippen LogP contribution in [0.25, 0.3) is 0 Å². The van der Waals surface area contributed by atoms with E-state index in [0.29, 0.717) is 0 Å². The van der Waals surface area contributed by atoms with Crippen LogP contribution in [-0.2, 0) is 4.79 Å². The first kappa shape index (κ1) is 10.4. The third-order valence-corrected chi connectivity index (χ3v) is 2.38. The van der Waals surface area contributed by atoms with E-state index >= 15 is 0 Å². The van der Waals surface area contributed by atoms with E-state index in [2.05, 4.69) is 4.98 Å². The molecule has 1 N–H and O–H groups in total. The second kappa shape index (κ2) is 4.61. The molecule has 0 aromatic carbocycles. The van der Waals surface area contributed by atoms with E-state index in [1.807, 2.05) is 47.3 Å². The van der Waals surface area contributed by atoms with Gasteiger partial charge in [-0.25, -0.2) is 0 Å². The molecule has 2 aromatic heterocycles. The number of carboxylic acids is 1. The minimum Gasteiger partial charge on any atom is -0.481 e. The molecule has 0 radical (unpaired) electrons. The van der Waals surface area contributed by atoms with E-state index in [1.165, 1.54) is 0 Å². The lowest BCUT2D eigenvalue weighted by Crippen LogP contribution is -2.14. The van der Waals surface area contributed by atoms with Gasteiger partial charge in [-0.3, -0.25) is 9.78 Å². The summed E-state index contributed by atoms with van der Waals surface area (Å²) >= 11 is 0. The summed E-state index contributed by atoms with van der Waals surface area (Å²) in [5, 5.41) is 8.90. The van der Waals surface area contributed by atoms with E-state index in [9.17, 15) is 4.79 Å². The van der Waals surface area contributed by atoms with E-state index < -0.39 is 5.97 Å². The van der Waals surface area contributed by atoms with E-state index in [4.69, 9.17) is 5.11 Å². The lowest BCUT2D eigenvalue weighted by Gasteiger charge is -2.16. The molecule has 1 atom stereocenters. The quantitative estimate of drug-likeness (QED) is 0.849. The van der Waals surface area contributed by atoms with Crippen LogP contribution in [0.5, 0.6) is 0 Å². The SMILES string of the molecule is O=C(O)CC(c1ccccn1)n1cccc1. The zero-order valence-corrected chi connectivity index (χ0v) is 8.65. The average molecular weight is 216 g/mol. The van der Waals surface area contributed by atoms with Crippen LogP contribution in [0.1, 0.15) is 18.2 Å². The summed E-state index contributed by atoms with van der Waals surface area (Å²) in [4.78, 5) is 15.0. The second-order valence-electron chi connectivity index (χ2n) is 3.50. The van der Waals surface area contributed by atoms with Crippen LogP contribution in [0.15, 0.2) is 48.9 Å². The highest BCUT2D eigenvalue weighted by Gasteiger charge is 2.17. The summed E-state index contributed by atoms with van der Waals surface area (Å²) in [5.41, 5.74) is 0.765. The van der Waals surface area contributed by atoms with Gasteiger partial charge in [0.15, 0.2) is 0 Å². The molecule has 2 aromatic rings. The summed E-state index contributed by atoms with van der Waals surface area (Å²) in [6.07, 6.45) is 5.41. The first-order chi connectivity index (χ1) is 7.77. The lowest BCUT2D eigenvalue weighted by atomic mass is 10.1. The topological polar surface area (TPSA) is 55.1 Å². The largest absolute Gasteiger partial charge is 0.481 e. The van der Waals surface area contributed by atoms with Crippen molar-refractivity contribution < 1.29 is 9.90 Å². The van der Waals surface area contributed by atoms with Crippen LogP contribution in [0.4, 0.5) is 0 Å². The second-order valence-corrected chi connectivity index (χ2v) is 3.50. The number of hydrogen-bond donors (Lipinski definition) is 1. The molecule has 0 aliphatic rings. The molecule has 0 aliphatic heterocycles. The number of carbonyl (C=O) groups is 1. The fourth-order valence-corrected chi connectivity index (χ4v) is 1.66. The van der Waals surface area contributed by atoms with Crippen molar-refractivity contribution in [3.05, 3.63) is 54.6 Å². The van der Waals surface area contributed by atoms with Crippen LogP contribution in [0.2, 0.25) is 0 Å². The number of carboxylic acid groups (broad SMARTS) is 1. The zero-order valence-electron chi connectivity index (χ0n) is 8.65. The summed E-state index contributed by atoms with van der Waals surface area (Å²) in [7, 11) is 0. The first-order valence-electron chi connectivity index (χ1n) is 5.02. The maximum absolute atomic E-state index is 10.8. The van der Waals surface area contributed by atoms with Crippen molar-refractivity contribution in [2.45, 2.75) is 12.5 Å². The van der Waals surface area contributed by atoms with E-state index in [0.717, 1.165) is 5.69 Å². The maximum atomic E-state index is 10.8. The Kier molecular flexibility index (Phi) is 3.00. The lowest BCUT2D eigenvalue weighted by molar-refractivity contribution is -0.137. The summed E-state index contributed by atoms with van der Waals surface area (Å²) in [6.45, 7) is 0. The maximum Gasteiger partial charge on any atom is 0.305 e. The fraction of sp³-hybridized carbons (Fsp3) is 0.167. The van der Waals surface area contributed by atoms with Gasteiger partial charge in [0.25, 0.3) is 0 Å². The monoisotopic (exact) mass is 216 g/mol. The van der Waals surface area contributed by atoms with Gasteiger partial charge in [-0.1, -0.05) is 6.07 Å². The normalized spacial score (nSPS) is 12.2. The molecule has 1 unspecified atom stereocenters. The molecular weight excluding hydrogens is 204 g/mol. The number of nitrogens with zero attached hydrogens (tertiary/aromatic N) is 2. The first-order valence-corrected chi connectivity index (χ1v) is 5.02. The Hall–Kier alpha value is -2.10. The highest BCUT2D eigenvalue weighted by molar-refractivity contribution is 5.67. The number of aromatic nitrogens is 2. The van der Waals surface area contributed by atoms with Crippen LogP contribution < -0.4 is 0 Å². The Bertz CT molecular complexity index is 451. The molecule has 2 rings (SSSR count). The standard InChI is InChI=1S/C12H12N2O2/c15-12(16)9-11(14-7-3-4-8-14)10-5-1-2-6-13-10/h1-8,11H,9H2,(H,15,16). The molecule has 0 aliphatic carbocycles. The van der Waals surface area contributed by atoms with Gasteiger partial charge in [-0.05, 0) is 24.3 Å². The number of aliphatic carboxylic acids is 1. The van der Waals surface area contributed by atoms with Crippen LogP contribution in [0, 0.1) is 0 Å². The predicted octanol–water partition coefficient (Wildman–Crippen LogP) is 1.95. The summed E-state index contributed by atoms with van der Waals surface area (Å²) < 4.78 is 1.86. The third-order valence-electron chi connectivity index (χ3n) is 2.38. The van der Waals surface area contributed by atoms with Gasteiger partial charge in [0.1, 0.15) is 0 Å². The van der Waals surface area contributed by atoms with Gasteiger partial charge in [0, 0.05) is 18.6 Å². The molecule has 0 amide bonds. The molecular formula is C12H12N2O2. The molecule has 0 bridgehead atoms. The molecule has 4 heteroatoms. The molecule has 4 nitrogen and oxygen atoms in total. The van der Waals surface area contributed by atoms with Gasteiger partial charge < -0.3 is 9.67 Å². The van der Waals surface area contributed by atoms with Crippen molar-refractivity contribution in [2.75, 3.05) is 0 Å². The van der Waals surface area contributed by atoms with Crippen molar-refractivity contribution in [3.8, 4) is 0 Å².